The molecule has 29 heavy (non-hydrogen) atoms. The Morgan fingerprint density at radius 1 is 1.28 bits per heavy atom. The zero-order valence-corrected chi connectivity index (χ0v) is 19.0. The molecule has 0 atom stereocenters. The van der Waals surface area contributed by atoms with E-state index in [2.05, 4.69) is 62.3 Å². The summed E-state index contributed by atoms with van der Waals surface area (Å²) < 4.78 is 12.9. The maximum atomic E-state index is 12.2. The van der Waals surface area contributed by atoms with E-state index in [0.717, 1.165) is 18.5 Å². The number of fused-ring (bicyclic) bond motifs is 1. The zero-order valence-electron chi connectivity index (χ0n) is 14.7. The van der Waals surface area contributed by atoms with E-state index in [1.54, 1.807) is 6.08 Å². The Morgan fingerprint density at radius 2 is 2.00 bits per heavy atom. The molecule has 0 aliphatic rings. The molecule has 1 aromatic heterocycles. The third-order valence-electron chi connectivity index (χ3n) is 3.68. The number of carbonyl (C=O) groups is 1. The van der Waals surface area contributed by atoms with Gasteiger partial charge >= 0.3 is 5.91 Å². The molecule has 0 saturated heterocycles. The Morgan fingerprint density at radius 3 is 2.66 bits per heavy atom. The molecule has 1 amide bonds. The highest BCUT2D eigenvalue weighted by atomic mass is 127. The second-order valence-corrected chi connectivity index (χ2v) is 8.03. The average Bonchev–Trinajstić information content (AvgIpc) is 3.10. The third kappa shape index (κ3) is 5.12. The first-order chi connectivity index (χ1) is 13.9. The molecule has 148 valence electrons. The molecular weight excluding hydrogens is 604 g/mol. The van der Waals surface area contributed by atoms with Crippen LogP contribution in [0.3, 0.4) is 0 Å². The largest absolute Gasteiger partial charge is 0.487 e. The van der Waals surface area contributed by atoms with E-state index in [1.165, 1.54) is 30.5 Å². The lowest BCUT2D eigenvalue weighted by Gasteiger charge is -2.09. The summed E-state index contributed by atoms with van der Waals surface area (Å²) in [5.74, 6) is 0.217. The fraction of sp³-hybridized carbons (Fsp3) is 0.0526. The molecule has 0 unspecified atom stereocenters. The molecular formula is C19H13I2N3O5. The Bertz CT molecular complexity index is 1120. The highest BCUT2D eigenvalue weighted by molar-refractivity contribution is 14.1. The molecule has 0 bridgehead atoms. The van der Waals surface area contributed by atoms with E-state index in [4.69, 9.17) is 9.15 Å². The van der Waals surface area contributed by atoms with Crippen molar-refractivity contribution in [2.24, 2.45) is 5.10 Å². The van der Waals surface area contributed by atoms with E-state index in [1.807, 2.05) is 12.1 Å². The molecule has 0 saturated carbocycles. The number of carbonyl (C=O) groups excluding carboxylic acids is 1. The van der Waals surface area contributed by atoms with Crippen LogP contribution in [0.4, 0.5) is 5.69 Å². The monoisotopic (exact) mass is 617 g/mol. The topological polar surface area (TPSA) is 107 Å². The van der Waals surface area contributed by atoms with E-state index in [9.17, 15) is 14.9 Å². The predicted molar refractivity (Wildman–Crippen MR) is 125 cm³/mol. The second kappa shape index (κ2) is 9.35. The minimum Gasteiger partial charge on any atom is -0.487 e. The van der Waals surface area contributed by atoms with Gasteiger partial charge in [-0.15, -0.1) is 0 Å². The fourth-order valence-electron chi connectivity index (χ4n) is 2.41. The van der Waals surface area contributed by atoms with Crippen molar-refractivity contribution in [1.82, 2.24) is 5.43 Å². The number of benzene rings is 2. The van der Waals surface area contributed by atoms with Gasteiger partial charge in [0.05, 0.1) is 18.3 Å². The van der Waals surface area contributed by atoms with Crippen molar-refractivity contribution in [3.63, 3.8) is 0 Å². The molecule has 3 rings (SSSR count). The number of non-ortho nitro benzene ring substituents is 1. The number of hydrazone groups is 1. The summed E-state index contributed by atoms with van der Waals surface area (Å²) in [6, 6.07) is 9.29. The van der Waals surface area contributed by atoms with Crippen LogP contribution >= 0.6 is 45.2 Å². The molecule has 1 heterocycles. The molecule has 0 aliphatic heterocycles. The lowest BCUT2D eigenvalue weighted by molar-refractivity contribution is -0.384. The first-order valence-electron chi connectivity index (χ1n) is 8.13. The number of nitro benzene ring substituents is 1. The number of ether oxygens (including phenoxy) is 1. The summed E-state index contributed by atoms with van der Waals surface area (Å²) in [5.41, 5.74) is 3.47. The van der Waals surface area contributed by atoms with Gasteiger partial charge < -0.3 is 9.15 Å². The lowest BCUT2D eigenvalue weighted by Crippen LogP contribution is -2.16. The number of nitrogens with zero attached hydrogens (tertiary/aromatic N) is 2. The van der Waals surface area contributed by atoms with Gasteiger partial charge in [0.2, 0.25) is 0 Å². The van der Waals surface area contributed by atoms with Gasteiger partial charge in [-0.25, -0.2) is 5.43 Å². The summed E-state index contributed by atoms with van der Waals surface area (Å²) in [5, 5.41) is 15.3. The van der Waals surface area contributed by atoms with Gasteiger partial charge in [-0.1, -0.05) is 12.7 Å². The number of hydrogen-bond donors (Lipinski definition) is 1. The molecule has 2 aromatic carbocycles. The molecule has 1 N–H and O–H groups in total. The summed E-state index contributed by atoms with van der Waals surface area (Å²) >= 11 is 4.33. The highest BCUT2D eigenvalue weighted by Gasteiger charge is 2.14. The predicted octanol–water partition coefficient (Wildman–Crippen LogP) is 4.88. The van der Waals surface area contributed by atoms with Crippen molar-refractivity contribution in [1.29, 1.82) is 0 Å². The third-order valence-corrected chi connectivity index (χ3v) is 5.28. The van der Waals surface area contributed by atoms with Crippen molar-refractivity contribution < 1.29 is 18.9 Å². The van der Waals surface area contributed by atoms with Gasteiger partial charge in [0.1, 0.15) is 17.9 Å². The molecule has 8 nitrogen and oxygen atoms in total. The number of nitro groups is 1. The number of furan rings is 1. The summed E-state index contributed by atoms with van der Waals surface area (Å²) in [4.78, 5) is 22.6. The van der Waals surface area contributed by atoms with Gasteiger partial charge in [-0.2, -0.15) is 5.10 Å². The minimum absolute atomic E-state index is 0.00924. The SMILES string of the molecule is C=CCOc1c(I)cc(/C=N\NC(=O)c2cc3cc([N+](=O)[O-])ccc3o2)cc1I. The second-order valence-electron chi connectivity index (χ2n) is 5.70. The quantitative estimate of drug-likeness (QED) is 0.134. The van der Waals surface area contributed by atoms with Crippen LogP contribution in [-0.2, 0) is 0 Å². The normalized spacial score (nSPS) is 11.0. The lowest BCUT2D eigenvalue weighted by atomic mass is 10.2. The molecule has 0 radical (unpaired) electrons. The minimum atomic E-state index is -0.560. The van der Waals surface area contributed by atoms with Crippen molar-refractivity contribution in [2.75, 3.05) is 6.61 Å². The zero-order chi connectivity index (χ0) is 21.0. The van der Waals surface area contributed by atoms with Crippen LogP contribution in [0.2, 0.25) is 0 Å². The van der Waals surface area contributed by atoms with Crippen LogP contribution in [0.15, 0.2) is 58.6 Å². The van der Waals surface area contributed by atoms with E-state index < -0.39 is 10.8 Å². The van der Waals surface area contributed by atoms with E-state index in [-0.39, 0.29) is 11.4 Å². The van der Waals surface area contributed by atoms with Crippen molar-refractivity contribution in [3.8, 4) is 5.75 Å². The van der Waals surface area contributed by atoms with Crippen molar-refractivity contribution in [3.05, 3.63) is 77.6 Å². The summed E-state index contributed by atoms with van der Waals surface area (Å²) in [7, 11) is 0. The molecule has 0 fully saturated rings. The first-order valence-corrected chi connectivity index (χ1v) is 10.3. The van der Waals surface area contributed by atoms with Crippen LogP contribution in [-0.4, -0.2) is 23.7 Å². The van der Waals surface area contributed by atoms with E-state index >= 15 is 0 Å². The van der Waals surface area contributed by atoms with Crippen LogP contribution in [0.1, 0.15) is 16.1 Å². The van der Waals surface area contributed by atoms with Crippen LogP contribution in [0.25, 0.3) is 11.0 Å². The number of rotatable bonds is 7. The smallest absolute Gasteiger partial charge is 0.307 e. The average molecular weight is 617 g/mol. The Labute approximate surface area is 192 Å². The molecule has 3 aromatic rings. The highest BCUT2D eigenvalue weighted by Crippen LogP contribution is 2.28. The van der Waals surface area contributed by atoms with Gasteiger partial charge in [-0.3, -0.25) is 14.9 Å². The van der Waals surface area contributed by atoms with Crippen molar-refractivity contribution >= 4 is 74.0 Å². The Kier molecular flexibility index (Phi) is 6.84. The molecule has 10 heteroatoms. The van der Waals surface area contributed by atoms with Crippen LogP contribution in [0.5, 0.6) is 5.75 Å². The number of nitrogens with one attached hydrogen (secondary N) is 1. The number of halogens is 2. The first kappa shape index (κ1) is 21.2. The van der Waals surface area contributed by atoms with Crippen LogP contribution < -0.4 is 10.2 Å². The summed E-state index contributed by atoms with van der Waals surface area (Å²) in [6.45, 7) is 4.04. The standard InChI is InChI=1S/C19H13I2N3O5/c1-2-5-28-18-14(20)6-11(7-15(18)21)10-22-23-19(25)17-9-12-8-13(24(26)27)3-4-16(12)29-17/h2-4,6-10H,1,5H2,(H,23,25)/b22-10-. The van der Waals surface area contributed by atoms with Crippen LogP contribution in [0, 0.1) is 17.3 Å². The summed E-state index contributed by atoms with van der Waals surface area (Å²) in [6.07, 6.45) is 3.18. The van der Waals surface area contributed by atoms with Gasteiger partial charge in [0.15, 0.2) is 5.76 Å². The fourth-order valence-corrected chi connectivity index (χ4v) is 4.54. The van der Waals surface area contributed by atoms with Gasteiger partial charge in [-0.05, 0) is 75.0 Å². The Hall–Kier alpha value is -2.48. The maximum Gasteiger partial charge on any atom is 0.307 e. The molecule has 0 spiro atoms. The number of amides is 1. The Balaban J connectivity index is 1.71. The van der Waals surface area contributed by atoms with Gasteiger partial charge in [0, 0.05) is 17.5 Å². The van der Waals surface area contributed by atoms with Crippen molar-refractivity contribution in [2.45, 2.75) is 0 Å². The van der Waals surface area contributed by atoms with E-state index in [0.29, 0.717) is 17.6 Å². The van der Waals surface area contributed by atoms with Gasteiger partial charge in [0.25, 0.3) is 5.69 Å². The molecule has 0 aliphatic carbocycles. The number of hydrogen-bond acceptors (Lipinski definition) is 6. The maximum absolute atomic E-state index is 12.2.